The lowest BCUT2D eigenvalue weighted by Gasteiger charge is -2.07. The van der Waals surface area contributed by atoms with Crippen molar-refractivity contribution >= 4 is 17.5 Å². The van der Waals surface area contributed by atoms with E-state index in [0.717, 1.165) is 11.3 Å². The zero-order valence-corrected chi connectivity index (χ0v) is 12.6. The van der Waals surface area contributed by atoms with E-state index < -0.39 is 0 Å². The van der Waals surface area contributed by atoms with E-state index >= 15 is 0 Å². The Morgan fingerprint density at radius 1 is 0.955 bits per heavy atom. The van der Waals surface area contributed by atoms with Crippen molar-refractivity contribution in [1.29, 1.82) is 0 Å². The summed E-state index contributed by atoms with van der Waals surface area (Å²) in [7, 11) is 0. The topological polar surface area (TPSA) is 34.0 Å². The molecule has 1 aromatic heterocycles. The van der Waals surface area contributed by atoms with Gasteiger partial charge in [0.2, 0.25) is 0 Å². The van der Waals surface area contributed by atoms with Gasteiger partial charge in [-0.2, -0.15) is 0 Å². The molecule has 3 nitrogen and oxygen atoms in total. The predicted molar refractivity (Wildman–Crippen MR) is 88.4 cm³/mol. The van der Waals surface area contributed by atoms with Crippen LogP contribution in [0.5, 0.6) is 0 Å². The lowest BCUT2D eigenvalue weighted by molar-refractivity contribution is 0.0951. The van der Waals surface area contributed by atoms with Crippen LogP contribution in [0.15, 0.2) is 73.1 Å². The Hall–Kier alpha value is -2.52. The largest absolute Gasteiger partial charge is 0.348 e. The molecule has 0 aliphatic rings. The molecule has 0 spiro atoms. The number of carbonyl (C=O) groups is 1. The van der Waals surface area contributed by atoms with Gasteiger partial charge in [0.25, 0.3) is 5.91 Å². The first kappa shape index (κ1) is 14.4. The number of aromatic nitrogens is 1. The number of rotatable bonds is 4. The highest BCUT2D eigenvalue weighted by Gasteiger charge is 2.05. The van der Waals surface area contributed by atoms with Crippen LogP contribution in [-0.4, -0.2) is 10.5 Å². The van der Waals surface area contributed by atoms with E-state index in [1.54, 1.807) is 0 Å². The first-order valence-corrected chi connectivity index (χ1v) is 7.36. The molecule has 0 unspecified atom stereocenters. The molecule has 22 heavy (non-hydrogen) atoms. The lowest BCUT2D eigenvalue weighted by Crippen LogP contribution is -2.22. The number of hydrogen-bond acceptors (Lipinski definition) is 1. The van der Waals surface area contributed by atoms with Crippen molar-refractivity contribution in [3.63, 3.8) is 0 Å². The Bertz CT molecular complexity index is 747. The van der Waals surface area contributed by atoms with Crippen LogP contribution in [0, 0.1) is 0 Å². The summed E-state index contributed by atoms with van der Waals surface area (Å²) in [6.45, 7) is 0.482. The van der Waals surface area contributed by atoms with Crippen LogP contribution in [0.25, 0.3) is 5.69 Å². The molecule has 0 saturated heterocycles. The van der Waals surface area contributed by atoms with Crippen molar-refractivity contribution in [2.24, 2.45) is 0 Å². The summed E-state index contributed by atoms with van der Waals surface area (Å²) in [5.41, 5.74) is 2.69. The normalized spacial score (nSPS) is 10.4. The Morgan fingerprint density at radius 3 is 2.23 bits per heavy atom. The molecule has 3 rings (SSSR count). The summed E-state index contributed by atoms with van der Waals surface area (Å²) in [5.74, 6) is -0.0889. The van der Waals surface area contributed by atoms with E-state index in [0.29, 0.717) is 17.1 Å². The fourth-order valence-corrected chi connectivity index (χ4v) is 2.30. The molecule has 110 valence electrons. The fourth-order valence-electron chi connectivity index (χ4n) is 2.18. The number of carbonyl (C=O) groups excluding carboxylic acids is 1. The van der Waals surface area contributed by atoms with Gasteiger partial charge in [0.1, 0.15) is 0 Å². The number of halogens is 1. The van der Waals surface area contributed by atoms with Crippen LogP contribution in [0.1, 0.15) is 15.9 Å². The third kappa shape index (κ3) is 3.38. The second kappa shape index (κ2) is 6.50. The SMILES string of the molecule is O=C(NCc1ccc(Cl)cc1)c1ccc(-n2cccc2)cc1. The summed E-state index contributed by atoms with van der Waals surface area (Å²) < 4.78 is 2.00. The predicted octanol–water partition coefficient (Wildman–Crippen LogP) is 4.06. The molecule has 0 aliphatic carbocycles. The maximum absolute atomic E-state index is 12.1. The van der Waals surface area contributed by atoms with Crippen LogP contribution < -0.4 is 5.32 Å². The van der Waals surface area contributed by atoms with Gasteiger partial charge in [-0.15, -0.1) is 0 Å². The Labute approximate surface area is 134 Å². The summed E-state index contributed by atoms with van der Waals surface area (Å²) in [4.78, 5) is 12.1. The third-order valence-corrected chi connectivity index (χ3v) is 3.65. The summed E-state index contributed by atoms with van der Waals surface area (Å²) in [6.07, 6.45) is 3.94. The maximum atomic E-state index is 12.1. The highest BCUT2D eigenvalue weighted by molar-refractivity contribution is 6.30. The van der Waals surface area contributed by atoms with Crippen LogP contribution in [0.2, 0.25) is 5.02 Å². The molecular formula is C18H15ClN2O. The Kier molecular flexibility index (Phi) is 4.26. The van der Waals surface area contributed by atoms with Crippen LogP contribution in [-0.2, 0) is 6.54 Å². The van der Waals surface area contributed by atoms with Crippen molar-refractivity contribution in [3.05, 3.63) is 89.2 Å². The van der Waals surface area contributed by atoms with Gasteiger partial charge in [0, 0.05) is 35.2 Å². The monoisotopic (exact) mass is 310 g/mol. The number of nitrogens with one attached hydrogen (secondary N) is 1. The fraction of sp³-hybridized carbons (Fsp3) is 0.0556. The molecule has 0 fully saturated rings. The molecule has 0 aliphatic heterocycles. The van der Waals surface area contributed by atoms with E-state index in [9.17, 15) is 4.79 Å². The van der Waals surface area contributed by atoms with Gasteiger partial charge in [-0.05, 0) is 54.1 Å². The number of amides is 1. The van der Waals surface area contributed by atoms with E-state index in [-0.39, 0.29) is 5.91 Å². The molecule has 0 radical (unpaired) electrons. The summed E-state index contributed by atoms with van der Waals surface area (Å²) in [6, 6.07) is 18.9. The highest BCUT2D eigenvalue weighted by Crippen LogP contribution is 2.11. The number of benzene rings is 2. The molecule has 0 atom stereocenters. The number of nitrogens with zero attached hydrogens (tertiary/aromatic N) is 1. The Morgan fingerprint density at radius 2 is 1.59 bits per heavy atom. The van der Waals surface area contributed by atoms with Crippen LogP contribution >= 0.6 is 11.6 Å². The quantitative estimate of drug-likeness (QED) is 0.774. The summed E-state index contributed by atoms with van der Waals surface area (Å²) >= 11 is 5.84. The van der Waals surface area contributed by atoms with E-state index in [1.165, 1.54) is 0 Å². The van der Waals surface area contributed by atoms with Gasteiger partial charge < -0.3 is 9.88 Å². The average molecular weight is 311 g/mol. The van der Waals surface area contributed by atoms with Crippen molar-refractivity contribution in [3.8, 4) is 5.69 Å². The zero-order chi connectivity index (χ0) is 15.4. The van der Waals surface area contributed by atoms with Gasteiger partial charge in [0.15, 0.2) is 0 Å². The smallest absolute Gasteiger partial charge is 0.251 e. The van der Waals surface area contributed by atoms with E-state index in [1.807, 2.05) is 77.6 Å². The first-order chi connectivity index (χ1) is 10.7. The molecular weight excluding hydrogens is 296 g/mol. The maximum Gasteiger partial charge on any atom is 0.251 e. The van der Waals surface area contributed by atoms with Gasteiger partial charge in [-0.3, -0.25) is 4.79 Å². The zero-order valence-electron chi connectivity index (χ0n) is 11.9. The molecule has 4 heteroatoms. The number of hydrogen-bond donors (Lipinski definition) is 1. The third-order valence-electron chi connectivity index (χ3n) is 3.40. The van der Waals surface area contributed by atoms with Crippen molar-refractivity contribution in [2.75, 3.05) is 0 Å². The van der Waals surface area contributed by atoms with Crippen molar-refractivity contribution in [1.82, 2.24) is 9.88 Å². The molecule has 0 saturated carbocycles. The molecule has 3 aromatic rings. The molecule has 2 aromatic carbocycles. The van der Waals surface area contributed by atoms with Crippen molar-refractivity contribution < 1.29 is 4.79 Å². The van der Waals surface area contributed by atoms with E-state index in [4.69, 9.17) is 11.6 Å². The van der Waals surface area contributed by atoms with Crippen molar-refractivity contribution in [2.45, 2.75) is 6.54 Å². The highest BCUT2D eigenvalue weighted by atomic mass is 35.5. The second-order valence-corrected chi connectivity index (χ2v) is 5.38. The van der Waals surface area contributed by atoms with Crippen LogP contribution in [0.3, 0.4) is 0 Å². The van der Waals surface area contributed by atoms with Gasteiger partial charge in [-0.1, -0.05) is 23.7 Å². The van der Waals surface area contributed by atoms with Crippen LogP contribution in [0.4, 0.5) is 0 Å². The van der Waals surface area contributed by atoms with Gasteiger partial charge >= 0.3 is 0 Å². The minimum Gasteiger partial charge on any atom is -0.348 e. The molecule has 0 bridgehead atoms. The summed E-state index contributed by atoms with van der Waals surface area (Å²) in [5, 5.41) is 3.59. The Balaban J connectivity index is 1.63. The minimum absolute atomic E-state index is 0.0889. The first-order valence-electron chi connectivity index (χ1n) is 6.98. The molecule has 1 amide bonds. The minimum atomic E-state index is -0.0889. The lowest BCUT2D eigenvalue weighted by atomic mass is 10.1. The van der Waals surface area contributed by atoms with Gasteiger partial charge in [0.05, 0.1) is 0 Å². The van der Waals surface area contributed by atoms with Gasteiger partial charge in [-0.25, -0.2) is 0 Å². The molecule has 1 N–H and O–H groups in total. The second-order valence-electron chi connectivity index (χ2n) is 4.95. The standard InChI is InChI=1S/C18H15ClN2O/c19-16-7-3-14(4-8-16)13-20-18(22)15-5-9-17(10-6-15)21-11-1-2-12-21/h1-12H,13H2,(H,20,22). The molecule has 1 heterocycles. The average Bonchev–Trinajstić information content (AvgIpc) is 3.09. The van der Waals surface area contributed by atoms with E-state index in [2.05, 4.69) is 5.32 Å².